The van der Waals surface area contributed by atoms with Crippen LogP contribution in [0.1, 0.15) is 17.2 Å². The lowest BCUT2D eigenvalue weighted by Gasteiger charge is -2.14. The third-order valence-electron chi connectivity index (χ3n) is 3.61. The van der Waals surface area contributed by atoms with Gasteiger partial charge >= 0.3 is 0 Å². The van der Waals surface area contributed by atoms with Crippen molar-refractivity contribution in [1.29, 1.82) is 0 Å². The summed E-state index contributed by atoms with van der Waals surface area (Å²) in [6.07, 6.45) is 0.359. The Morgan fingerprint density at radius 1 is 1.14 bits per heavy atom. The van der Waals surface area contributed by atoms with Crippen LogP contribution in [-0.4, -0.2) is 17.4 Å². The molecular formula is C16H14ClF2N3. The number of nitrogens with zero attached hydrogens (tertiary/aromatic N) is 2. The van der Waals surface area contributed by atoms with Crippen molar-refractivity contribution in [2.45, 2.75) is 12.5 Å². The van der Waals surface area contributed by atoms with Crippen LogP contribution in [0.3, 0.4) is 0 Å². The van der Waals surface area contributed by atoms with Gasteiger partial charge in [0.1, 0.15) is 5.84 Å². The molecule has 0 radical (unpaired) electrons. The van der Waals surface area contributed by atoms with E-state index in [4.69, 9.17) is 17.4 Å². The Hall–Kier alpha value is -1.98. The highest BCUT2D eigenvalue weighted by molar-refractivity contribution is 6.30. The average Bonchev–Trinajstić information content (AvgIpc) is 2.85. The van der Waals surface area contributed by atoms with Crippen LogP contribution < -0.4 is 5.84 Å². The molecule has 0 bridgehead atoms. The number of aliphatic imine (C=N–C) groups is 1. The van der Waals surface area contributed by atoms with Gasteiger partial charge < -0.3 is 0 Å². The Morgan fingerprint density at radius 3 is 2.55 bits per heavy atom. The van der Waals surface area contributed by atoms with E-state index in [0.717, 1.165) is 11.6 Å². The second kappa shape index (κ2) is 6.02. The van der Waals surface area contributed by atoms with Crippen LogP contribution in [0.25, 0.3) is 0 Å². The molecule has 1 atom stereocenters. The van der Waals surface area contributed by atoms with Gasteiger partial charge in [0.05, 0.1) is 12.6 Å². The predicted octanol–water partition coefficient (Wildman–Crippen LogP) is 3.49. The Morgan fingerprint density at radius 2 is 1.86 bits per heavy atom. The second-order valence-corrected chi connectivity index (χ2v) is 5.63. The van der Waals surface area contributed by atoms with E-state index >= 15 is 0 Å². The summed E-state index contributed by atoms with van der Waals surface area (Å²) < 4.78 is 26.2. The number of nitrogens with two attached hydrogens (primary N) is 1. The van der Waals surface area contributed by atoms with E-state index in [1.165, 1.54) is 12.1 Å². The Balaban J connectivity index is 1.79. The predicted molar refractivity (Wildman–Crippen MR) is 82.6 cm³/mol. The smallest absolute Gasteiger partial charge is 0.159 e. The minimum Gasteiger partial charge on any atom is -0.296 e. The fourth-order valence-electron chi connectivity index (χ4n) is 2.43. The molecule has 0 fully saturated rings. The van der Waals surface area contributed by atoms with Crippen LogP contribution in [0.4, 0.5) is 8.78 Å². The number of hydrogen-bond donors (Lipinski definition) is 1. The van der Waals surface area contributed by atoms with Crippen LogP contribution in [0.5, 0.6) is 0 Å². The van der Waals surface area contributed by atoms with Gasteiger partial charge in [-0.05, 0) is 35.4 Å². The van der Waals surface area contributed by atoms with Gasteiger partial charge in [0.2, 0.25) is 0 Å². The van der Waals surface area contributed by atoms with E-state index in [0.29, 0.717) is 29.4 Å². The molecule has 114 valence electrons. The van der Waals surface area contributed by atoms with Gasteiger partial charge in [-0.1, -0.05) is 29.8 Å². The molecular weight excluding hydrogens is 308 g/mol. The number of halogens is 3. The fourth-order valence-corrected chi connectivity index (χ4v) is 2.56. The maximum atomic E-state index is 13.3. The molecule has 1 aliphatic rings. The van der Waals surface area contributed by atoms with E-state index in [2.05, 4.69) is 4.99 Å². The Labute approximate surface area is 132 Å². The first-order valence-electron chi connectivity index (χ1n) is 6.81. The molecule has 2 aromatic carbocycles. The van der Waals surface area contributed by atoms with Gasteiger partial charge in [-0.2, -0.15) is 0 Å². The van der Waals surface area contributed by atoms with E-state index in [-0.39, 0.29) is 6.04 Å². The van der Waals surface area contributed by atoms with Crippen LogP contribution in [0.15, 0.2) is 47.5 Å². The van der Waals surface area contributed by atoms with E-state index in [9.17, 15) is 8.78 Å². The zero-order valence-corrected chi connectivity index (χ0v) is 12.4. The van der Waals surface area contributed by atoms with Crippen molar-refractivity contribution >= 4 is 17.4 Å². The lowest BCUT2D eigenvalue weighted by atomic mass is 10.1. The van der Waals surface area contributed by atoms with Crippen LogP contribution in [0.2, 0.25) is 5.02 Å². The molecule has 1 aliphatic heterocycles. The summed E-state index contributed by atoms with van der Waals surface area (Å²) in [7, 11) is 0. The summed E-state index contributed by atoms with van der Waals surface area (Å²) in [4.78, 5) is 4.57. The molecule has 2 aromatic rings. The van der Waals surface area contributed by atoms with Gasteiger partial charge in [-0.15, -0.1) is 0 Å². The zero-order valence-electron chi connectivity index (χ0n) is 11.6. The van der Waals surface area contributed by atoms with Crippen molar-refractivity contribution in [2.75, 3.05) is 6.54 Å². The first-order chi connectivity index (χ1) is 10.5. The average molecular weight is 322 g/mol. The van der Waals surface area contributed by atoms with Crippen LogP contribution in [0, 0.1) is 11.6 Å². The zero-order chi connectivity index (χ0) is 15.7. The molecule has 6 heteroatoms. The number of amidine groups is 1. The highest BCUT2D eigenvalue weighted by Crippen LogP contribution is 2.25. The molecule has 1 unspecified atom stereocenters. The second-order valence-electron chi connectivity index (χ2n) is 5.19. The number of hydrazine groups is 1. The van der Waals surface area contributed by atoms with Crippen molar-refractivity contribution in [1.82, 2.24) is 5.01 Å². The summed E-state index contributed by atoms with van der Waals surface area (Å²) in [5, 5.41) is 2.21. The van der Waals surface area contributed by atoms with Crippen LogP contribution in [-0.2, 0) is 6.42 Å². The molecule has 0 aliphatic carbocycles. The van der Waals surface area contributed by atoms with Gasteiger partial charge in [0.25, 0.3) is 0 Å². The molecule has 0 saturated carbocycles. The number of hydrogen-bond acceptors (Lipinski definition) is 3. The first kappa shape index (κ1) is 14.9. The van der Waals surface area contributed by atoms with Gasteiger partial charge in [0, 0.05) is 11.4 Å². The van der Waals surface area contributed by atoms with Gasteiger partial charge in [0.15, 0.2) is 11.6 Å². The normalized spacial score (nSPS) is 17.7. The maximum absolute atomic E-state index is 13.3. The SMILES string of the molecule is NN1CC(c2ccc(Cl)cc2)N=C1Cc1ccc(F)c(F)c1. The minimum absolute atomic E-state index is 0.0810. The van der Waals surface area contributed by atoms with Crippen molar-refractivity contribution in [2.24, 2.45) is 10.8 Å². The van der Waals surface area contributed by atoms with E-state index in [1.54, 1.807) is 17.1 Å². The quantitative estimate of drug-likeness (QED) is 0.879. The van der Waals surface area contributed by atoms with E-state index < -0.39 is 11.6 Å². The van der Waals surface area contributed by atoms with Gasteiger partial charge in [-0.3, -0.25) is 10.0 Å². The van der Waals surface area contributed by atoms with Crippen molar-refractivity contribution < 1.29 is 8.78 Å². The van der Waals surface area contributed by atoms with Crippen molar-refractivity contribution in [3.05, 3.63) is 70.2 Å². The molecule has 0 spiro atoms. The Bertz CT molecular complexity index is 716. The molecule has 3 nitrogen and oxygen atoms in total. The highest BCUT2D eigenvalue weighted by atomic mass is 35.5. The molecule has 0 aromatic heterocycles. The molecule has 0 saturated heterocycles. The lowest BCUT2D eigenvalue weighted by molar-refractivity contribution is 0.442. The van der Waals surface area contributed by atoms with Crippen molar-refractivity contribution in [3.8, 4) is 0 Å². The van der Waals surface area contributed by atoms with Crippen LogP contribution >= 0.6 is 11.6 Å². The molecule has 1 heterocycles. The summed E-state index contributed by atoms with van der Waals surface area (Å²) in [6.45, 7) is 0.542. The van der Waals surface area contributed by atoms with Crippen molar-refractivity contribution in [3.63, 3.8) is 0 Å². The summed E-state index contributed by atoms with van der Waals surface area (Å²) >= 11 is 5.87. The standard InChI is InChI=1S/C16H14ClF2N3/c17-12-4-2-11(3-5-12)15-9-22(20)16(21-15)8-10-1-6-13(18)14(19)7-10/h1-7,15H,8-9,20H2. The summed E-state index contributed by atoms with van der Waals surface area (Å²) in [6, 6.07) is 11.2. The number of rotatable bonds is 3. The third-order valence-corrected chi connectivity index (χ3v) is 3.86. The van der Waals surface area contributed by atoms with Gasteiger partial charge in [-0.25, -0.2) is 14.6 Å². The first-order valence-corrected chi connectivity index (χ1v) is 7.19. The molecule has 3 rings (SSSR count). The summed E-state index contributed by atoms with van der Waals surface area (Å²) in [5.74, 6) is 4.88. The number of benzene rings is 2. The maximum Gasteiger partial charge on any atom is 0.159 e. The van der Waals surface area contributed by atoms with E-state index in [1.807, 2.05) is 12.1 Å². The largest absolute Gasteiger partial charge is 0.296 e. The third kappa shape index (κ3) is 3.10. The highest BCUT2D eigenvalue weighted by Gasteiger charge is 2.24. The molecule has 0 amide bonds. The molecule has 2 N–H and O–H groups in total. The summed E-state index contributed by atoms with van der Waals surface area (Å²) in [5.41, 5.74) is 1.64. The lowest BCUT2D eigenvalue weighted by Crippen LogP contribution is -2.35. The minimum atomic E-state index is -0.867. The topological polar surface area (TPSA) is 41.6 Å². The molecule has 22 heavy (non-hydrogen) atoms. The fraction of sp³-hybridized carbons (Fsp3) is 0.188. The Kier molecular flexibility index (Phi) is 4.09. The monoisotopic (exact) mass is 321 g/mol.